The second kappa shape index (κ2) is 8.75. The van der Waals surface area contributed by atoms with Gasteiger partial charge in [0.05, 0.1) is 11.0 Å². The molecule has 0 unspecified atom stereocenters. The van der Waals surface area contributed by atoms with Crippen molar-refractivity contribution in [3.05, 3.63) is 34.4 Å². The lowest BCUT2D eigenvalue weighted by Gasteiger charge is -2.21. The average Bonchev–Trinajstić information content (AvgIpc) is 3.11. The van der Waals surface area contributed by atoms with Crippen LogP contribution in [0.25, 0.3) is 0 Å². The summed E-state index contributed by atoms with van der Waals surface area (Å²) in [4.78, 5) is 22.6. The Hall–Kier alpha value is -2.49. The highest BCUT2D eigenvalue weighted by Crippen LogP contribution is 2.30. The molecular formula is C16H20N6O3S. The van der Waals surface area contributed by atoms with Crippen LogP contribution in [-0.2, 0) is 4.79 Å². The summed E-state index contributed by atoms with van der Waals surface area (Å²) in [5.41, 5.74) is 0.0919. The second-order valence-corrected chi connectivity index (χ2v) is 7.18. The molecule has 10 heteroatoms. The van der Waals surface area contributed by atoms with Gasteiger partial charge in [-0.3, -0.25) is 14.9 Å². The number of aromatic nitrogens is 4. The van der Waals surface area contributed by atoms with Crippen LogP contribution in [0.5, 0.6) is 0 Å². The van der Waals surface area contributed by atoms with Crippen LogP contribution < -0.4 is 5.32 Å². The number of nitro benzene ring substituents is 1. The minimum Gasteiger partial charge on any atom is -0.320 e. The van der Waals surface area contributed by atoms with Crippen LogP contribution in [-0.4, -0.2) is 36.8 Å². The van der Waals surface area contributed by atoms with Crippen molar-refractivity contribution in [1.82, 2.24) is 20.2 Å². The highest BCUT2D eigenvalue weighted by Gasteiger charge is 2.20. The lowest BCUT2D eigenvalue weighted by Crippen LogP contribution is -2.16. The molecule has 0 bridgehead atoms. The zero-order valence-electron chi connectivity index (χ0n) is 14.2. The number of nitro groups is 1. The smallest absolute Gasteiger partial charge is 0.292 e. The number of para-hydroxylation sites is 2. The number of anilines is 1. The first kappa shape index (κ1) is 18.3. The van der Waals surface area contributed by atoms with Crippen LogP contribution in [0.4, 0.5) is 11.4 Å². The summed E-state index contributed by atoms with van der Waals surface area (Å²) < 4.78 is 1.86. The van der Waals surface area contributed by atoms with E-state index in [0.29, 0.717) is 11.8 Å². The van der Waals surface area contributed by atoms with Gasteiger partial charge in [-0.25, -0.2) is 4.68 Å². The Morgan fingerprint density at radius 3 is 2.85 bits per heavy atom. The number of carbonyl (C=O) groups excluding carboxylic acids is 1. The Morgan fingerprint density at radius 2 is 2.08 bits per heavy atom. The van der Waals surface area contributed by atoms with Crippen molar-refractivity contribution in [2.45, 2.75) is 49.7 Å². The molecule has 138 valence electrons. The van der Waals surface area contributed by atoms with Crippen LogP contribution in [0.2, 0.25) is 0 Å². The summed E-state index contributed by atoms with van der Waals surface area (Å²) in [5.74, 6) is 0.225. The second-order valence-electron chi connectivity index (χ2n) is 6.12. The Morgan fingerprint density at radius 1 is 1.31 bits per heavy atom. The van der Waals surface area contributed by atoms with Gasteiger partial charge in [-0.1, -0.05) is 43.2 Å². The number of benzene rings is 1. The topological polar surface area (TPSA) is 116 Å². The zero-order chi connectivity index (χ0) is 18.4. The lowest BCUT2D eigenvalue weighted by molar-refractivity contribution is -0.383. The fourth-order valence-corrected chi connectivity index (χ4v) is 3.90. The van der Waals surface area contributed by atoms with Crippen LogP contribution in [0.3, 0.4) is 0 Å². The van der Waals surface area contributed by atoms with Gasteiger partial charge in [-0.2, -0.15) is 0 Å². The highest BCUT2D eigenvalue weighted by molar-refractivity contribution is 7.99. The van der Waals surface area contributed by atoms with E-state index < -0.39 is 4.92 Å². The Labute approximate surface area is 154 Å². The average molecular weight is 376 g/mol. The van der Waals surface area contributed by atoms with Gasteiger partial charge < -0.3 is 5.32 Å². The number of nitrogens with one attached hydrogen (secondary N) is 1. The van der Waals surface area contributed by atoms with Crippen molar-refractivity contribution in [3.63, 3.8) is 0 Å². The Bertz CT molecular complexity index is 775. The molecule has 0 aliphatic heterocycles. The predicted octanol–water partition coefficient (Wildman–Crippen LogP) is 3.21. The minimum atomic E-state index is -0.511. The van der Waals surface area contributed by atoms with Crippen molar-refractivity contribution in [3.8, 4) is 0 Å². The normalized spacial score (nSPS) is 14.9. The van der Waals surface area contributed by atoms with E-state index in [4.69, 9.17) is 0 Å². The van der Waals surface area contributed by atoms with Crippen LogP contribution in [0.15, 0.2) is 29.4 Å². The summed E-state index contributed by atoms with van der Waals surface area (Å²) >= 11 is 1.43. The van der Waals surface area contributed by atoms with Gasteiger partial charge in [0, 0.05) is 18.2 Å². The molecule has 0 saturated heterocycles. The monoisotopic (exact) mass is 376 g/mol. The molecule has 26 heavy (non-hydrogen) atoms. The van der Waals surface area contributed by atoms with Gasteiger partial charge in [0.25, 0.3) is 5.69 Å². The molecule has 1 aliphatic rings. The van der Waals surface area contributed by atoms with E-state index in [2.05, 4.69) is 20.8 Å². The Kier molecular flexibility index (Phi) is 6.16. The first-order chi connectivity index (χ1) is 12.6. The van der Waals surface area contributed by atoms with Crippen molar-refractivity contribution >= 4 is 29.0 Å². The predicted molar refractivity (Wildman–Crippen MR) is 97.0 cm³/mol. The molecule has 9 nitrogen and oxygen atoms in total. The van der Waals surface area contributed by atoms with Crippen molar-refractivity contribution in [1.29, 1.82) is 0 Å². The van der Waals surface area contributed by atoms with Crippen LogP contribution in [0.1, 0.15) is 44.6 Å². The maximum atomic E-state index is 12.1. The molecule has 1 aromatic heterocycles. The zero-order valence-corrected chi connectivity index (χ0v) is 15.0. The van der Waals surface area contributed by atoms with Gasteiger partial charge in [0.2, 0.25) is 11.1 Å². The molecule has 1 aromatic carbocycles. The van der Waals surface area contributed by atoms with E-state index in [9.17, 15) is 14.9 Å². The molecule has 3 rings (SSSR count). The van der Waals surface area contributed by atoms with Gasteiger partial charge in [0.15, 0.2) is 0 Å². The SMILES string of the molecule is O=C(CCSc1nnnn1C1CCCCC1)Nc1ccccc1[N+](=O)[O-]. The fourth-order valence-electron chi connectivity index (χ4n) is 3.02. The number of carbonyl (C=O) groups is 1. The largest absolute Gasteiger partial charge is 0.320 e. The molecule has 1 amide bonds. The van der Waals surface area contributed by atoms with Crippen molar-refractivity contribution in [2.24, 2.45) is 0 Å². The number of nitrogens with zero attached hydrogens (tertiary/aromatic N) is 5. The Balaban J connectivity index is 1.52. The van der Waals surface area contributed by atoms with E-state index in [1.54, 1.807) is 12.1 Å². The molecule has 1 N–H and O–H groups in total. The maximum absolute atomic E-state index is 12.1. The molecule has 1 fully saturated rings. The van der Waals surface area contributed by atoms with Gasteiger partial charge >= 0.3 is 0 Å². The van der Waals surface area contributed by atoms with Crippen molar-refractivity contribution in [2.75, 3.05) is 11.1 Å². The molecular weight excluding hydrogens is 356 g/mol. The minimum absolute atomic E-state index is 0.116. The molecule has 0 atom stereocenters. The lowest BCUT2D eigenvalue weighted by atomic mass is 9.96. The van der Waals surface area contributed by atoms with Gasteiger partial charge in [-0.05, 0) is 29.3 Å². The molecule has 0 radical (unpaired) electrons. The maximum Gasteiger partial charge on any atom is 0.292 e. The fraction of sp³-hybridized carbons (Fsp3) is 0.500. The first-order valence-electron chi connectivity index (χ1n) is 8.59. The quantitative estimate of drug-likeness (QED) is 0.448. The summed E-state index contributed by atoms with van der Waals surface area (Å²) in [6.45, 7) is 0. The summed E-state index contributed by atoms with van der Waals surface area (Å²) in [6.07, 6.45) is 6.01. The summed E-state index contributed by atoms with van der Waals surface area (Å²) in [5, 5.41) is 26.2. The number of hydrogen-bond acceptors (Lipinski definition) is 7. The van der Waals surface area contributed by atoms with Crippen LogP contribution >= 0.6 is 11.8 Å². The number of amides is 1. The third kappa shape index (κ3) is 4.57. The molecule has 1 saturated carbocycles. The molecule has 2 aromatic rings. The van der Waals surface area contributed by atoms with Crippen molar-refractivity contribution < 1.29 is 9.72 Å². The summed E-state index contributed by atoms with van der Waals surface area (Å²) in [6, 6.07) is 6.43. The third-order valence-electron chi connectivity index (χ3n) is 4.32. The van der Waals surface area contributed by atoms with E-state index in [-0.39, 0.29) is 23.7 Å². The first-order valence-corrected chi connectivity index (χ1v) is 9.57. The highest BCUT2D eigenvalue weighted by atomic mass is 32.2. The van der Waals surface area contributed by atoms with Crippen LogP contribution in [0, 0.1) is 10.1 Å². The number of hydrogen-bond donors (Lipinski definition) is 1. The van der Waals surface area contributed by atoms with E-state index in [1.807, 2.05) is 4.68 Å². The molecule has 0 spiro atoms. The van der Waals surface area contributed by atoms with Gasteiger partial charge in [-0.15, -0.1) is 5.10 Å². The van der Waals surface area contributed by atoms with Gasteiger partial charge in [0.1, 0.15) is 5.69 Å². The molecule has 1 aliphatic carbocycles. The number of tetrazole rings is 1. The summed E-state index contributed by atoms with van der Waals surface area (Å²) in [7, 11) is 0. The molecule has 1 heterocycles. The standard InChI is InChI=1S/C16H20N6O3S/c23-15(17-13-8-4-5-9-14(13)22(24)25)10-11-26-16-18-19-20-21(16)12-6-2-1-3-7-12/h4-5,8-9,12H,1-3,6-7,10-11H2,(H,17,23). The third-order valence-corrected chi connectivity index (χ3v) is 5.25. The van der Waals surface area contributed by atoms with E-state index in [0.717, 1.165) is 18.0 Å². The number of thioether (sulfide) groups is 1. The number of rotatable bonds is 7. The van der Waals surface area contributed by atoms with E-state index >= 15 is 0 Å². The van der Waals surface area contributed by atoms with E-state index in [1.165, 1.54) is 43.2 Å².